The van der Waals surface area contributed by atoms with Crippen molar-refractivity contribution in [3.8, 4) is 0 Å². The highest BCUT2D eigenvalue weighted by Gasteiger charge is 2.19. The zero-order chi connectivity index (χ0) is 14.5. The molecule has 2 aliphatic rings. The lowest BCUT2D eigenvalue weighted by molar-refractivity contribution is 0.0331. The smallest absolute Gasteiger partial charge is 0.214 e. The summed E-state index contributed by atoms with van der Waals surface area (Å²) in [7, 11) is 0. The molecule has 0 aliphatic carbocycles. The number of hydrogen-bond donors (Lipinski definition) is 0. The molecule has 1 aromatic rings. The summed E-state index contributed by atoms with van der Waals surface area (Å²) in [6.45, 7) is 9.90. The van der Waals surface area contributed by atoms with Gasteiger partial charge in [0.15, 0.2) is 0 Å². The summed E-state index contributed by atoms with van der Waals surface area (Å²) in [5, 5.41) is 0. The van der Waals surface area contributed by atoms with Crippen molar-refractivity contribution in [2.75, 3.05) is 70.5 Å². The van der Waals surface area contributed by atoms with E-state index in [1.54, 1.807) is 6.07 Å². The van der Waals surface area contributed by atoms with Gasteiger partial charge in [0.1, 0.15) is 5.82 Å². The van der Waals surface area contributed by atoms with Gasteiger partial charge in [-0.15, -0.1) is 0 Å². The van der Waals surface area contributed by atoms with Gasteiger partial charge in [0.05, 0.1) is 13.2 Å². The standard InChI is InChI=1S/C15H23FN4O/c16-14-2-1-3-15(17-14)20-8-6-18(7-9-20)4-5-19-10-12-21-13-11-19/h1-3H,4-13H2. The van der Waals surface area contributed by atoms with Gasteiger partial charge >= 0.3 is 0 Å². The summed E-state index contributed by atoms with van der Waals surface area (Å²) in [5.41, 5.74) is 0. The molecule has 0 radical (unpaired) electrons. The molecule has 0 spiro atoms. The van der Waals surface area contributed by atoms with E-state index in [0.29, 0.717) is 0 Å². The fourth-order valence-electron chi connectivity index (χ4n) is 2.88. The van der Waals surface area contributed by atoms with Crippen LogP contribution in [0.4, 0.5) is 10.2 Å². The number of morpholine rings is 1. The first-order chi connectivity index (χ1) is 10.3. The molecule has 2 fully saturated rings. The highest BCUT2D eigenvalue weighted by atomic mass is 19.1. The van der Waals surface area contributed by atoms with E-state index in [1.807, 2.05) is 6.07 Å². The largest absolute Gasteiger partial charge is 0.379 e. The molecule has 0 unspecified atom stereocenters. The number of piperazine rings is 1. The van der Waals surface area contributed by atoms with Gasteiger partial charge in [-0.2, -0.15) is 4.39 Å². The van der Waals surface area contributed by atoms with Crippen molar-refractivity contribution < 1.29 is 9.13 Å². The normalized spacial score (nSPS) is 21.7. The minimum atomic E-state index is -0.401. The zero-order valence-electron chi connectivity index (χ0n) is 12.4. The van der Waals surface area contributed by atoms with Crippen molar-refractivity contribution in [2.45, 2.75) is 0 Å². The van der Waals surface area contributed by atoms with Crippen molar-refractivity contribution in [1.29, 1.82) is 0 Å². The molecule has 3 rings (SSSR count). The van der Waals surface area contributed by atoms with Gasteiger partial charge in [-0.25, -0.2) is 4.98 Å². The number of pyridine rings is 1. The van der Waals surface area contributed by atoms with Crippen LogP contribution in [0.2, 0.25) is 0 Å². The van der Waals surface area contributed by atoms with E-state index in [-0.39, 0.29) is 0 Å². The van der Waals surface area contributed by atoms with Gasteiger partial charge in [0.25, 0.3) is 0 Å². The fraction of sp³-hybridized carbons (Fsp3) is 0.667. The van der Waals surface area contributed by atoms with Crippen LogP contribution < -0.4 is 4.90 Å². The topological polar surface area (TPSA) is 31.8 Å². The second-order valence-corrected chi connectivity index (χ2v) is 5.60. The molecule has 3 heterocycles. The SMILES string of the molecule is Fc1cccc(N2CCN(CCN3CCOCC3)CC2)n1. The zero-order valence-corrected chi connectivity index (χ0v) is 12.4. The van der Waals surface area contributed by atoms with Crippen LogP contribution >= 0.6 is 0 Å². The summed E-state index contributed by atoms with van der Waals surface area (Å²) in [6, 6.07) is 5.00. The summed E-state index contributed by atoms with van der Waals surface area (Å²) < 4.78 is 18.5. The Morgan fingerprint density at radius 2 is 1.62 bits per heavy atom. The highest BCUT2D eigenvalue weighted by molar-refractivity contribution is 5.38. The maximum absolute atomic E-state index is 13.2. The van der Waals surface area contributed by atoms with Crippen LogP contribution in [0.25, 0.3) is 0 Å². The van der Waals surface area contributed by atoms with Gasteiger partial charge in [-0.05, 0) is 12.1 Å². The van der Waals surface area contributed by atoms with Gasteiger partial charge in [-0.1, -0.05) is 6.07 Å². The van der Waals surface area contributed by atoms with Crippen molar-refractivity contribution >= 4 is 5.82 Å². The Kier molecular flexibility index (Phi) is 5.00. The van der Waals surface area contributed by atoms with Crippen LogP contribution in [0, 0.1) is 5.95 Å². The van der Waals surface area contributed by atoms with E-state index in [0.717, 1.165) is 71.4 Å². The van der Waals surface area contributed by atoms with E-state index in [1.165, 1.54) is 6.07 Å². The minimum absolute atomic E-state index is 0.401. The molecular weight excluding hydrogens is 271 g/mol. The predicted octanol–water partition coefficient (Wildman–Crippen LogP) is 0.675. The van der Waals surface area contributed by atoms with Crippen LogP contribution in [-0.4, -0.2) is 80.4 Å². The Labute approximate surface area is 125 Å². The molecule has 2 aliphatic heterocycles. The lowest BCUT2D eigenvalue weighted by atomic mass is 10.3. The quantitative estimate of drug-likeness (QED) is 0.762. The van der Waals surface area contributed by atoms with Crippen LogP contribution in [0.15, 0.2) is 18.2 Å². The number of aromatic nitrogens is 1. The number of rotatable bonds is 4. The van der Waals surface area contributed by atoms with Crippen molar-refractivity contribution in [3.63, 3.8) is 0 Å². The molecule has 0 amide bonds. The van der Waals surface area contributed by atoms with E-state index in [9.17, 15) is 4.39 Å². The van der Waals surface area contributed by atoms with E-state index >= 15 is 0 Å². The van der Waals surface area contributed by atoms with Gasteiger partial charge < -0.3 is 9.64 Å². The summed E-state index contributed by atoms with van der Waals surface area (Å²) in [5.74, 6) is 0.352. The second-order valence-electron chi connectivity index (χ2n) is 5.60. The first kappa shape index (κ1) is 14.7. The van der Waals surface area contributed by atoms with Crippen molar-refractivity contribution in [1.82, 2.24) is 14.8 Å². The van der Waals surface area contributed by atoms with Gasteiger partial charge in [0, 0.05) is 52.4 Å². The number of nitrogens with zero attached hydrogens (tertiary/aromatic N) is 4. The van der Waals surface area contributed by atoms with Gasteiger partial charge in [0.2, 0.25) is 5.95 Å². The molecule has 0 aromatic carbocycles. The van der Waals surface area contributed by atoms with E-state index < -0.39 is 5.95 Å². The molecule has 1 aromatic heterocycles. The van der Waals surface area contributed by atoms with E-state index in [4.69, 9.17) is 4.74 Å². The van der Waals surface area contributed by atoms with Crippen LogP contribution in [0.5, 0.6) is 0 Å². The summed E-state index contributed by atoms with van der Waals surface area (Å²) in [4.78, 5) is 11.1. The maximum Gasteiger partial charge on any atom is 0.214 e. The number of anilines is 1. The molecule has 0 saturated carbocycles. The Balaban J connectivity index is 1.42. The number of ether oxygens (including phenoxy) is 1. The number of hydrogen-bond acceptors (Lipinski definition) is 5. The average Bonchev–Trinajstić information content (AvgIpc) is 2.54. The molecule has 2 saturated heterocycles. The molecule has 0 N–H and O–H groups in total. The van der Waals surface area contributed by atoms with Crippen LogP contribution in [0.3, 0.4) is 0 Å². The maximum atomic E-state index is 13.2. The second kappa shape index (κ2) is 7.15. The third-order valence-electron chi connectivity index (χ3n) is 4.23. The molecule has 0 atom stereocenters. The number of halogens is 1. The summed E-state index contributed by atoms with van der Waals surface area (Å²) in [6.07, 6.45) is 0. The predicted molar refractivity (Wildman–Crippen MR) is 80.1 cm³/mol. The fourth-order valence-corrected chi connectivity index (χ4v) is 2.88. The van der Waals surface area contributed by atoms with Crippen molar-refractivity contribution in [3.05, 3.63) is 24.1 Å². The Morgan fingerprint density at radius 1 is 0.952 bits per heavy atom. The van der Waals surface area contributed by atoms with E-state index in [2.05, 4.69) is 19.7 Å². The third-order valence-corrected chi connectivity index (χ3v) is 4.23. The lowest BCUT2D eigenvalue weighted by Crippen LogP contribution is -2.49. The molecule has 116 valence electrons. The first-order valence-electron chi connectivity index (χ1n) is 7.71. The summed E-state index contributed by atoms with van der Waals surface area (Å²) >= 11 is 0. The molecular formula is C15H23FN4O. The Hall–Kier alpha value is -1.24. The minimum Gasteiger partial charge on any atom is -0.379 e. The molecule has 0 bridgehead atoms. The van der Waals surface area contributed by atoms with Crippen LogP contribution in [-0.2, 0) is 4.74 Å². The molecule has 21 heavy (non-hydrogen) atoms. The lowest BCUT2D eigenvalue weighted by Gasteiger charge is -2.36. The monoisotopic (exact) mass is 294 g/mol. The molecule has 6 heteroatoms. The molecule has 5 nitrogen and oxygen atoms in total. The Morgan fingerprint density at radius 3 is 2.29 bits per heavy atom. The third kappa shape index (κ3) is 4.12. The van der Waals surface area contributed by atoms with Gasteiger partial charge in [-0.3, -0.25) is 9.80 Å². The average molecular weight is 294 g/mol. The highest BCUT2D eigenvalue weighted by Crippen LogP contribution is 2.13. The first-order valence-corrected chi connectivity index (χ1v) is 7.71. The Bertz CT molecular complexity index is 445. The van der Waals surface area contributed by atoms with Crippen molar-refractivity contribution in [2.24, 2.45) is 0 Å². The van der Waals surface area contributed by atoms with Crippen LogP contribution in [0.1, 0.15) is 0 Å².